The van der Waals surface area contributed by atoms with Crippen LogP contribution in [-0.4, -0.2) is 12.6 Å². The summed E-state index contributed by atoms with van der Waals surface area (Å²) < 4.78 is 0. The zero-order valence-corrected chi connectivity index (χ0v) is 12.3. The smallest absolute Gasteiger partial charge is 0.00683 e. The molecule has 1 saturated carbocycles. The molecule has 2 atom stereocenters. The Balaban J connectivity index is 2.22. The monoisotopic (exact) mass is 239 g/mol. The van der Waals surface area contributed by atoms with Gasteiger partial charge in [0.05, 0.1) is 0 Å². The Morgan fingerprint density at radius 1 is 1.00 bits per heavy atom. The minimum absolute atomic E-state index is 0.880. The van der Waals surface area contributed by atoms with E-state index in [4.69, 9.17) is 0 Å². The molecular weight excluding hydrogens is 206 g/mol. The molecule has 0 aromatic carbocycles. The van der Waals surface area contributed by atoms with Crippen molar-refractivity contribution >= 4 is 0 Å². The summed E-state index contributed by atoms with van der Waals surface area (Å²) in [6.07, 6.45) is 12.7. The standard InChI is InChI=1S/C16H33N/c1-4-7-9-14(6-3)12-15(8-5-2)13-17-16-10-11-16/h14-17H,4-13H2,1-3H3. The Morgan fingerprint density at radius 2 is 1.76 bits per heavy atom. The molecule has 1 aliphatic rings. The molecule has 0 aromatic heterocycles. The Labute approximate surface area is 109 Å². The average molecular weight is 239 g/mol. The Bertz CT molecular complexity index is 174. The van der Waals surface area contributed by atoms with Crippen LogP contribution in [-0.2, 0) is 0 Å². The number of hydrogen-bond donors (Lipinski definition) is 1. The lowest BCUT2D eigenvalue weighted by molar-refractivity contribution is 0.311. The van der Waals surface area contributed by atoms with Crippen molar-refractivity contribution in [3.05, 3.63) is 0 Å². The maximum atomic E-state index is 3.73. The molecule has 0 radical (unpaired) electrons. The maximum absolute atomic E-state index is 3.73. The van der Waals surface area contributed by atoms with Crippen molar-refractivity contribution in [3.8, 4) is 0 Å². The fourth-order valence-electron chi connectivity index (χ4n) is 2.79. The summed E-state index contributed by atoms with van der Waals surface area (Å²) in [4.78, 5) is 0. The molecule has 0 saturated heterocycles. The van der Waals surface area contributed by atoms with Gasteiger partial charge >= 0.3 is 0 Å². The summed E-state index contributed by atoms with van der Waals surface area (Å²) in [5.74, 6) is 1.91. The van der Waals surface area contributed by atoms with E-state index in [9.17, 15) is 0 Å². The minimum Gasteiger partial charge on any atom is -0.314 e. The fraction of sp³-hybridized carbons (Fsp3) is 1.00. The average Bonchev–Trinajstić information content (AvgIpc) is 3.15. The summed E-state index contributed by atoms with van der Waals surface area (Å²) in [5.41, 5.74) is 0. The molecule has 1 aliphatic carbocycles. The van der Waals surface area contributed by atoms with Crippen LogP contribution in [0.2, 0.25) is 0 Å². The first-order valence-electron chi connectivity index (χ1n) is 8.03. The molecule has 2 unspecified atom stereocenters. The third kappa shape index (κ3) is 7.08. The van der Waals surface area contributed by atoms with Crippen molar-refractivity contribution in [3.63, 3.8) is 0 Å². The summed E-state index contributed by atoms with van der Waals surface area (Å²) >= 11 is 0. The van der Waals surface area contributed by atoms with Gasteiger partial charge in [-0.05, 0) is 44.1 Å². The van der Waals surface area contributed by atoms with Gasteiger partial charge in [0.2, 0.25) is 0 Å². The molecule has 1 heteroatoms. The minimum atomic E-state index is 0.880. The van der Waals surface area contributed by atoms with Gasteiger partial charge in [-0.25, -0.2) is 0 Å². The molecule has 0 amide bonds. The van der Waals surface area contributed by atoms with Crippen molar-refractivity contribution in [1.29, 1.82) is 0 Å². The molecule has 0 aliphatic heterocycles. The van der Waals surface area contributed by atoms with Crippen molar-refractivity contribution in [2.45, 2.75) is 84.6 Å². The van der Waals surface area contributed by atoms with Crippen LogP contribution in [0.5, 0.6) is 0 Å². The van der Waals surface area contributed by atoms with Gasteiger partial charge in [0, 0.05) is 6.04 Å². The van der Waals surface area contributed by atoms with Crippen LogP contribution in [0.25, 0.3) is 0 Å². The molecule has 1 fully saturated rings. The van der Waals surface area contributed by atoms with Crippen LogP contribution < -0.4 is 5.32 Å². The topological polar surface area (TPSA) is 12.0 Å². The molecule has 0 spiro atoms. The van der Waals surface area contributed by atoms with E-state index < -0.39 is 0 Å². The zero-order valence-electron chi connectivity index (χ0n) is 12.3. The maximum Gasteiger partial charge on any atom is 0.00683 e. The largest absolute Gasteiger partial charge is 0.314 e. The van der Waals surface area contributed by atoms with Gasteiger partial charge in [-0.3, -0.25) is 0 Å². The van der Waals surface area contributed by atoms with E-state index >= 15 is 0 Å². The molecule has 1 N–H and O–H groups in total. The van der Waals surface area contributed by atoms with Crippen LogP contribution in [0, 0.1) is 11.8 Å². The second-order valence-electron chi connectivity index (χ2n) is 5.99. The number of rotatable bonds is 11. The predicted octanol–water partition coefficient (Wildman–Crippen LogP) is 4.76. The third-order valence-electron chi connectivity index (χ3n) is 4.18. The lowest BCUT2D eigenvalue weighted by Crippen LogP contribution is -2.26. The fourth-order valence-corrected chi connectivity index (χ4v) is 2.79. The van der Waals surface area contributed by atoms with E-state index in [1.165, 1.54) is 64.3 Å². The first-order valence-corrected chi connectivity index (χ1v) is 8.03. The SMILES string of the molecule is CCCCC(CC)CC(CCC)CNC1CC1. The van der Waals surface area contributed by atoms with Gasteiger partial charge in [-0.15, -0.1) is 0 Å². The van der Waals surface area contributed by atoms with Crippen LogP contribution in [0.1, 0.15) is 78.6 Å². The van der Waals surface area contributed by atoms with Crippen LogP contribution >= 0.6 is 0 Å². The highest BCUT2D eigenvalue weighted by Gasteiger charge is 2.22. The van der Waals surface area contributed by atoms with E-state index in [0.29, 0.717) is 0 Å². The zero-order chi connectivity index (χ0) is 12.5. The van der Waals surface area contributed by atoms with E-state index in [2.05, 4.69) is 26.1 Å². The lowest BCUT2D eigenvalue weighted by atomic mass is 9.86. The lowest BCUT2D eigenvalue weighted by Gasteiger charge is -2.23. The summed E-state index contributed by atoms with van der Waals surface area (Å²) in [6.45, 7) is 8.29. The van der Waals surface area contributed by atoms with Crippen molar-refractivity contribution in [2.75, 3.05) is 6.54 Å². The molecule has 17 heavy (non-hydrogen) atoms. The highest BCUT2D eigenvalue weighted by Crippen LogP contribution is 2.25. The van der Waals surface area contributed by atoms with Gasteiger partial charge in [0.25, 0.3) is 0 Å². The molecule has 102 valence electrons. The Morgan fingerprint density at radius 3 is 2.29 bits per heavy atom. The normalized spacial score (nSPS) is 19.2. The molecule has 0 heterocycles. The summed E-state index contributed by atoms with van der Waals surface area (Å²) in [5, 5.41) is 3.73. The second kappa shape index (κ2) is 8.97. The number of unbranched alkanes of at least 4 members (excludes halogenated alkanes) is 1. The van der Waals surface area contributed by atoms with Gasteiger partial charge in [-0.2, -0.15) is 0 Å². The van der Waals surface area contributed by atoms with Crippen molar-refractivity contribution < 1.29 is 0 Å². The second-order valence-corrected chi connectivity index (χ2v) is 5.99. The Hall–Kier alpha value is -0.0400. The highest BCUT2D eigenvalue weighted by molar-refractivity contribution is 4.82. The first kappa shape index (κ1) is 15.0. The first-order chi connectivity index (χ1) is 8.30. The third-order valence-corrected chi connectivity index (χ3v) is 4.18. The number of hydrogen-bond acceptors (Lipinski definition) is 1. The van der Waals surface area contributed by atoms with Gasteiger partial charge in [0.15, 0.2) is 0 Å². The predicted molar refractivity (Wildman–Crippen MR) is 77.3 cm³/mol. The quantitative estimate of drug-likeness (QED) is 0.548. The summed E-state index contributed by atoms with van der Waals surface area (Å²) in [7, 11) is 0. The summed E-state index contributed by atoms with van der Waals surface area (Å²) in [6, 6.07) is 0.880. The van der Waals surface area contributed by atoms with Crippen LogP contribution in [0.3, 0.4) is 0 Å². The molecule has 1 rings (SSSR count). The molecule has 0 aromatic rings. The van der Waals surface area contributed by atoms with E-state index in [1.54, 1.807) is 0 Å². The van der Waals surface area contributed by atoms with Gasteiger partial charge < -0.3 is 5.32 Å². The molecule has 1 nitrogen and oxygen atoms in total. The van der Waals surface area contributed by atoms with Crippen molar-refractivity contribution in [1.82, 2.24) is 5.32 Å². The highest BCUT2D eigenvalue weighted by atomic mass is 14.9. The van der Waals surface area contributed by atoms with Crippen LogP contribution in [0.4, 0.5) is 0 Å². The molecule has 0 bridgehead atoms. The van der Waals surface area contributed by atoms with Gasteiger partial charge in [0.1, 0.15) is 0 Å². The van der Waals surface area contributed by atoms with Crippen molar-refractivity contribution in [2.24, 2.45) is 11.8 Å². The van der Waals surface area contributed by atoms with E-state index in [-0.39, 0.29) is 0 Å². The Kier molecular flexibility index (Phi) is 7.92. The van der Waals surface area contributed by atoms with E-state index in [0.717, 1.165) is 17.9 Å². The van der Waals surface area contributed by atoms with E-state index in [1.807, 2.05) is 0 Å². The number of nitrogens with one attached hydrogen (secondary N) is 1. The van der Waals surface area contributed by atoms with Crippen LogP contribution in [0.15, 0.2) is 0 Å². The molecular formula is C16H33N. The van der Waals surface area contributed by atoms with Gasteiger partial charge in [-0.1, -0.05) is 52.9 Å².